The smallest absolute Gasteiger partial charge is 0.382 e. The van der Waals surface area contributed by atoms with Crippen LogP contribution in [0.25, 0.3) is 0 Å². The largest absolute Gasteiger partial charge is 0.397 e. The van der Waals surface area contributed by atoms with Crippen molar-refractivity contribution in [2.24, 2.45) is 0 Å². The molecule has 0 spiro atoms. The molecule has 0 amide bonds. The van der Waals surface area contributed by atoms with Gasteiger partial charge in [0, 0.05) is 7.11 Å². The standard InChI is InChI=1S/C7H16O6S/c1-6(12-5-4-11-3)7(2)13-14(8,9)10/h6-7H,4-5H2,1-3H3,(H,8,9,10). The van der Waals surface area contributed by atoms with Crippen LogP contribution < -0.4 is 0 Å². The lowest BCUT2D eigenvalue weighted by Gasteiger charge is -2.18. The number of ether oxygens (including phenoxy) is 2. The van der Waals surface area contributed by atoms with Gasteiger partial charge in [-0.25, -0.2) is 4.18 Å². The van der Waals surface area contributed by atoms with Gasteiger partial charge >= 0.3 is 10.4 Å². The van der Waals surface area contributed by atoms with E-state index in [-0.39, 0.29) is 0 Å². The molecule has 0 rings (SSSR count). The van der Waals surface area contributed by atoms with Crippen LogP contribution in [0.1, 0.15) is 13.8 Å². The average molecular weight is 228 g/mol. The van der Waals surface area contributed by atoms with Gasteiger partial charge in [-0.1, -0.05) is 0 Å². The Bertz CT molecular complexity index is 237. The Labute approximate surface area is 84.1 Å². The molecule has 0 aliphatic rings. The molecule has 0 saturated heterocycles. The molecule has 14 heavy (non-hydrogen) atoms. The number of hydrogen-bond donors (Lipinski definition) is 1. The van der Waals surface area contributed by atoms with Crippen LogP contribution in [0.3, 0.4) is 0 Å². The molecule has 0 aromatic carbocycles. The second-order valence-corrected chi connectivity index (χ2v) is 3.85. The summed E-state index contributed by atoms with van der Waals surface area (Å²) in [4.78, 5) is 0. The summed E-state index contributed by atoms with van der Waals surface area (Å²) in [6.07, 6.45) is -1.17. The second kappa shape index (κ2) is 6.31. The van der Waals surface area contributed by atoms with Crippen LogP contribution in [0.2, 0.25) is 0 Å². The Kier molecular flexibility index (Phi) is 6.21. The van der Waals surface area contributed by atoms with Crippen molar-refractivity contribution in [3.05, 3.63) is 0 Å². The van der Waals surface area contributed by atoms with Crippen molar-refractivity contribution in [1.29, 1.82) is 0 Å². The van der Waals surface area contributed by atoms with E-state index >= 15 is 0 Å². The summed E-state index contributed by atoms with van der Waals surface area (Å²) in [6, 6.07) is 0. The number of hydrogen-bond acceptors (Lipinski definition) is 5. The van der Waals surface area contributed by atoms with Crippen molar-refractivity contribution in [2.45, 2.75) is 26.1 Å². The first kappa shape index (κ1) is 13.8. The molecular formula is C7H16O6S. The van der Waals surface area contributed by atoms with Crippen molar-refractivity contribution < 1.29 is 26.6 Å². The quantitative estimate of drug-likeness (QED) is 0.496. The van der Waals surface area contributed by atoms with Crippen LogP contribution in [0.4, 0.5) is 0 Å². The van der Waals surface area contributed by atoms with E-state index in [0.29, 0.717) is 13.2 Å². The highest BCUT2D eigenvalue weighted by molar-refractivity contribution is 7.80. The molecule has 0 radical (unpaired) electrons. The summed E-state index contributed by atoms with van der Waals surface area (Å²) in [7, 11) is -2.88. The number of methoxy groups -OCH3 is 1. The van der Waals surface area contributed by atoms with Crippen molar-refractivity contribution in [2.75, 3.05) is 20.3 Å². The van der Waals surface area contributed by atoms with Crippen molar-refractivity contribution in [1.82, 2.24) is 0 Å². The minimum Gasteiger partial charge on any atom is -0.382 e. The molecule has 6 nitrogen and oxygen atoms in total. The van der Waals surface area contributed by atoms with E-state index in [4.69, 9.17) is 14.0 Å². The van der Waals surface area contributed by atoms with Gasteiger partial charge in [0.15, 0.2) is 0 Å². The molecule has 0 aliphatic heterocycles. The fourth-order valence-corrected chi connectivity index (χ4v) is 1.26. The average Bonchev–Trinajstić information content (AvgIpc) is 2.01. The minimum absolute atomic E-state index is 0.344. The third-order valence-electron chi connectivity index (χ3n) is 1.60. The lowest BCUT2D eigenvalue weighted by Crippen LogP contribution is -2.29. The zero-order valence-electron chi connectivity index (χ0n) is 8.47. The Balaban J connectivity index is 3.82. The molecule has 0 saturated carbocycles. The molecule has 0 bridgehead atoms. The van der Waals surface area contributed by atoms with Gasteiger partial charge in [0.25, 0.3) is 0 Å². The fraction of sp³-hybridized carbons (Fsp3) is 1.00. The SMILES string of the molecule is COCCOC(C)C(C)OS(=O)(=O)O. The maximum absolute atomic E-state index is 10.3. The van der Waals surface area contributed by atoms with E-state index in [2.05, 4.69) is 4.18 Å². The molecule has 0 aliphatic carbocycles. The molecule has 7 heteroatoms. The van der Waals surface area contributed by atoms with E-state index in [1.165, 1.54) is 14.0 Å². The van der Waals surface area contributed by atoms with Crippen LogP contribution in [-0.4, -0.2) is 45.5 Å². The Morgan fingerprint density at radius 1 is 1.21 bits per heavy atom. The predicted octanol–water partition coefficient (Wildman–Crippen LogP) is 0.246. The monoisotopic (exact) mass is 228 g/mol. The molecule has 0 heterocycles. The first-order valence-corrected chi connectivity index (χ1v) is 5.49. The van der Waals surface area contributed by atoms with Crippen LogP contribution in [0.5, 0.6) is 0 Å². The van der Waals surface area contributed by atoms with Crippen LogP contribution in [0, 0.1) is 0 Å². The fourth-order valence-electron chi connectivity index (χ4n) is 0.723. The summed E-state index contributed by atoms with van der Waals surface area (Å²) in [5.41, 5.74) is 0. The predicted molar refractivity (Wildman–Crippen MR) is 49.4 cm³/mol. The first-order valence-electron chi connectivity index (χ1n) is 4.13. The lowest BCUT2D eigenvalue weighted by molar-refractivity contribution is -0.0270. The second-order valence-electron chi connectivity index (χ2n) is 2.80. The topological polar surface area (TPSA) is 82.1 Å². The van der Waals surface area contributed by atoms with Crippen molar-refractivity contribution in [3.63, 3.8) is 0 Å². The highest BCUT2D eigenvalue weighted by atomic mass is 32.3. The van der Waals surface area contributed by atoms with Gasteiger partial charge in [0.05, 0.1) is 19.3 Å². The van der Waals surface area contributed by atoms with E-state index in [9.17, 15) is 8.42 Å². The third-order valence-corrected chi connectivity index (χ3v) is 2.15. The molecule has 1 N–H and O–H groups in total. The van der Waals surface area contributed by atoms with Gasteiger partial charge in [-0.05, 0) is 13.8 Å². The summed E-state index contributed by atoms with van der Waals surface area (Å²) in [5.74, 6) is 0. The summed E-state index contributed by atoms with van der Waals surface area (Å²) in [6.45, 7) is 3.90. The van der Waals surface area contributed by atoms with Crippen molar-refractivity contribution in [3.8, 4) is 0 Å². The van der Waals surface area contributed by atoms with Crippen LogP contribution >= 0.6 is 0 Å². The third kappa shape index (κ3) is 7.22. The number of rotatable bonds is 7. The van der Waals surface area contributed by atoms with Gasteiger partial charge in [-0.2, -0.15) is 8.42 Å². The van der Waals surface area contributed by atoms with Gasteiger partial charge in [-0.15, -0.1) is 0 Å². The first-order chi connectivity index (χ1) is 6.37. The van der Waals surface area contributed by atoms with Crippen molar-refractivity contribution >= 4 is 10.4 Å². The molecule has 86 valence electrons. The molecule has 2 unspecified atom stereocenters. The van der Waals surface area contributed by atoms with Gasteiger partial charge in [0.1, 0.15) is 6.10 Å². The van der Waals surface area contributed by atoms with Crippen LogP contribution in [0.15, 0.2) is 0 Å². The summed E-state index contributed by atoms with van der Waals surface area (Å²) in [5, 5.41) is 0. The highest BCUT2D eigenvalue weighted by Crippen LogP contribution is 2.05. The molecule has 0 aromatic heterocycles. The van der Waals surface area contributed by atoms with Crippen LogP contribution in [-0.2, 0) is 24.1 Å². The van der Waals surface area contributed by atoms with Gasteiger partial charge in [0.2, 0.25) is 0 Å². The van der Waals surface area contributed by atoms with Gasteiger partial charge < -0.3 is 9.47 Å². The molecule has 0 fully saturated rings. The van der Waals surface area contributed by atoms with E-state index < -0.39 is 22.6 Å². The van der Waals surface area contributed by atoms with E-state index in [1.807, 2.05) is 0 Å². The summed E-state index contributed by atoms with van der Waals surface area (Å²) < 4.78 is 43.2. The lowest BCUT2D eigenvalue weighted by atomic mass is 10.3. The van der Waals surface area contributed by atoms with Gasteiger partial charge in [-0.3, -0.25) is 4.55 Å². The Hall–Kier alpha value is -0.210. The zero-order chi connectivity index (χ0) is 11.2. The normalized spacial score (nSPS) is 16.6. The molecule has 0 aromatic rings. The zero-order valence-corrected chi connectivity index (χ0v) is 9.28. The summed E-state index contributed by atoms with van der Waals surface area (Å²) >= 11 is 0. The maximum atomic E-state index is 10.3. The molecule has 2 atom stereocenters. The van der Waals surface area contributed by atoms with E-state index in [0.717, 1.165) is 0 Å². The highest BCUT2D eigenvalue weighted by Gasteiger charge is 2.19. The maximum Gasteiger partial charge on any atom is 0.397 e. The Morgan fingerprint density at radius 2 is 1.79 bits per heavy atom. The minimum atomic E-state index is -4.41. The van der Waals surface area contributed by atoms with E-state index in [1.54, 1.807) is 6.92 Å². The molecular weight excluding hydrogens is 212 g/mol. The Morgan fingerprint density at radius 3 is 2.21 bits per heavy atom.